The lowest BCUT2D eigenvalue weighted by Crippen LogP contribution is -2.06. The van der Waals surface area contributed by atoms with Gasteiger partial charge in [0.2, 0.25) is 6.29 Å². The molecule has 4 heteroatoms. The Morgan fingerprint density at radius 2 is 2.44 bits per heavy atom. The summed E-state index contributed by atoms with van der Waals surface area (Å²) in [5, 5.41) is 0. The van der Waals surface area contributed by atoms with Crippen molar-refractivity contribution in [1.29, 1.82) is 0 Å². The van der Waals surface area contributed by atoms with E-state index in [4.69, 9.17) is 0 Å². The fourth-order valence-electron chi connectivity index (χ4n) is 0.582. The summed E-state index contributed by atoms with van der Waals surface area (Å²) in [4.78, 5) is 18.6. The highest BCUT2D eigenvalue weighted by atomic mass is 17.3. The third kappa shape index (κ3) is 1.57. The summed E-state index contributed by atoms with van der Waals surface area (Å²) in [6, 6.07) is 0. The Morgan fingerprint density at radius 3 is 2.89 bits per heavy atom. The van der Waals surface area contributed by atoms with Crippen molar-refractivity contribution in [3.63, 3.8) is 0 Å². The van der Waals surface area contributed by atoms with Gasteiger partial charge in [0.15, 0.2) is 0 Å². The van der Waals surface area contributed by atoms with E-state index in [0.717, 1.165) is 6.42 Å². The van der Waals surface area contributed by atoms with Gasteiger partial charge in [-0.25, -0.2) is 4.79 Å². The molecule has 0 N–H and O–H groups in total. The van der Waals surface area contributed by atoms with Crippen LogP contribution in [0.1, 0.15) is 19.8 Å². The highest BCUT2D eigenvalue weighted by Crippen LogP contribution is 2.12. The lowest BCUT2D eigenvalue weighted by Gasteiger charge is -1.98. The van der Waals surface area contributed by atoms with Crippen LogP contribution in [0.15, 0.2) is 0 Å². The molecule has 0 amide bonds. The van der Waals surface area contributed by atoms with Crippen LogP contribution < -0.4 is 0 Å². The van der Waals surface area contributed by atoms with E-state index in [2.05, 4.69) is 14.5 Å². The van der Waals surface area contributed by atoms with Crippen LogP contribution in [0.3, 0.4) is 0 Å². The van der Waals surface area contributed by atoms with E-state index in [1.165, 1.54) is 0 Å². The van der Waals surface area contributed by atoms with E-state index in [0.29, 0.717) is 6.42 Å². The van der Waals surface area contributed by atoms with Gasteiger partial charge in [0.25, 0.3) is 0 Å². The Balaban J connectivity index is 2.22. The summed E-state index contributed by atoms with van der Waals surface area (Å²) in [6.07, 6.45) is 0.364. The standard InChI is InChI=1S/C5H8O4/c1-2-3-4-7-5(6)9-8-4/h4H,2-3H2,1H3. The molecule has 0 aliphatic carbocycles. The van der Waals surface area contributed by atoms with E-state index in [-0.39, 0.29) is 0 Å². The van der Waals surface area contributed by atoms with Crippen LogP contribution in [0.5, 0.6) is 0 Å². The van der Waals surface area contributed by atoms with Gasteiger partial charge in [0, 0.05) is 6.42 Å². The van der Waals surface area contributed by atoms with Crippen LogP contribution in [0.4, 0.5) is 4.79 Å². The van der Waals surface area contributed by atoms with Gasteiger partial charge >= 0.3 is 6.16 Å². The van der Waals surface area contributed by atoms with E-state index >= 15 is 0 Å². The number of rotatable bonds is 2. The maximum absolute atomic E-state index is 10.2. The van der Waals surface area contributed by atoms with Gasteiger partial charge in [0.05, 0.1) is 0 Å². The third-order valence-corrected chi connectivity index (χ3v) is 0.976. The van der Waals surface area contributed by atoms with Crippen LogP contribution in [0.25, 0.3) is 0 Å². The second kappa shape index (κ2) is 2.68. The minimum Gasteiger partial charge on any atom is -0.398 e. The molecule has 0 radical (unpaired) electrons. The SMILES string of the molecule is CCCC1OOC(=O)O1. The second-order valence-electron chi connectivity index (χ2n) is 1.77. The minimum absolute atomic E-state index is 0.484. The van der Waals surface area contributed by atoms with Crippen LogP contribution in [-0.2, 0) is 14.5 Å². The van der Waals surface area contributed by atoms with Crippen molar-refractivity contribution in [3.8, 4) is 0 Å². The lowest BCUT2D eigenvalue weighted by molar-refractivity contribution is -0.254. The molecule has 1 aliphatic rings. The van der Waals surface area contributed by atoms with Crippen LogP contribution in [-0.4, -0.2) is 12.4 Å². The van der Waals surface area contributed by atoms with Crippen molar-refractivity contribution in [2.75, 3.05) is 0 Å². The predicted octanol–water partition coefficient (Wildman–Crippen LogP) is 1.21. The molecule has 0 bridgehead atoms. The largest absolute Gasteiger partial charge is 0.543 e. The summed E-state index contributed by atoms with van der Waals surface area (Å²) in [5.74, 6) is 0. The van der Waals surface area contributed by atoms with Crippen molar-refractivity contribution in [2.45, 2.75) is 26.1 Å². The average Bonchev–Trinajstić information content (AvgIpc) is 2.17. The summed E-state index contributed by atoms with van der Waals surface area (Å²) in [7, 11) is 0. The first kappa shape index (κ1) is 6.35. The molecule has 0 aromatic heterocycles. The van der Waals surface area contributed by atoms with E-state index in [1.54, 1.807) is 0 Å². The molecule has 0 aromatic rings. The van der Waals surface area contributed by atoms with E-state index in [9.17, 15) is 4.79 Å². The number of cyclic esters (lactones) is 1. The van der Waals surface area contributed by atoms with Crippen LogP contribution in [0, 0.1) is 0 Å². The lowest BCUT2D eigenvalue weighted by atomic mass is 10.3. The molecule has 1 aliphatic heterocycles. The summed E-state index contributed by atoms with van der Waals surface area (Å²) in [5.41, 5.74) is 0. The molecular formula is C5H8O4. The molecule has 0 aromatic carbocycles. The van der Waals surface area contributed by atoms with Gasteiger partial charge in [-0.3, -0.25) is 4.89 Å². The van der Waals surface area contributed by atoms with Gasteiger partial charge in [-0.2, -0.15) is 0 Å². The van der Waals surface area contributed by atoms with Crippen molar-refractivity contribution < 1.29 is 19.3 Å². The van der Waals surface area contributed by atoms with Gasteiger partial charge in [-0.1, -0.05) is 13.3 Å². The topological polar surface area (TPSA) is 44.8 Å². The molecule has 1 saturated heterocycles. The smallest absolute Gasteiger partial charge is 0.398 e. The Hall–Kier alpha value is -0.770. The second-order valence-corrected chi connectivity index (χ2v) is 1.77. The molecule has 1 unspecified atom stereocenters. The number of hydrogen-bond acceptors (Lipinski definition) is 4. The number of hydrogen-bond donors (Lipinski definition) is 0. The molecule has 9 heavy (non-hydrogen) atoms. The first-order chi connectivity index (χ1) is 4.33. The zero-order chi connectivity index (χ0) is 6.69. The Labute approximate surface area is 52.6 Å². The molecule has 4 nitrogen and oxygen atoms in total. The fourth-order valence-corrected chi connectivity index (χ4v) is 0.582. The molecule has 0 saturated carbocycles. The number of carbonyl (C=O) groups is 1. The quantitative estimate of drug-likeness (QED) is 0.418. The third-order valence-electron chi connectivity index (χ3n) is 0.976. The Bertz CT molecular complexity index is 112. The first-order valence-corrected chi connectivity index (χ1v) is 2.87. The first-order valence-electron chi connectivity index (χ1n) is 2.87. The maximum atomic E-state index is 10.2. The zero-order valence-electron chi connectivity index (χ0n) is 5.12. The highest BCUT2D eigenvalue weighted by Gasteiger charge is 2.25. The van der Waals surface area contributed by atoms with Gasteiger partial charge in [-0.05, 0) is 0 Å². The number of ether oxygens (including phenoxy) is 1. The molecule has 1 fully saturated rings. The zero-order valence-corrected chi connectivity index (χ0v) is 5.12. The predicted molar refractivity (Wildman–Crippen MR) is 27.3 cm³/mol. The van der Waals surface area contributed by atoms with Gasteiger partial charge in [-0.15, -0.1) is 4.89 Å². The van der Waals surface area contributed by atoms with Crippen molar-refractivity contribution in [1.82, 2.24) is 0 Å². The summed E-state index contributed by atoms with van der Waals surface area (Å²) in [6.45, 7) is 1.97. The van der Waals surface area contributed by atoms with Crippen molar-refractivity contribution in [2.24, 2.45) is 0 Å². The van der Waals surface area contributed by atoms with Crippen molar-refractivity contribution >= 4 is 6.16 Å². The Morgan fingerprint density at radius 1 is 1.67 bits per heavy atom. The molecule has 52 valence electrons. The van der Waals surface area contributed by atoms with Gasteiger partial charge in [0.1, 0.15) is 0 Å². The van der Waals surface area contributed by atoms with Crippen molar-refractivity contribution in [3.05, 3.63) is 0 Å². The number of carbonyl (C=O) groups excluding carboxylic acids is 1. The minimum atomic E-state index is -0.742. The fraction of sp³-hybridized carbons (Fsp3) is 0.800. The normalized spacial score (nSPS) is 25.4. The van der Waals surface area contributed by atoms with E-state index < -0.39 is 12.4 Å². The highest BCUT2D eigenvalue weighted by molar-refractivity contribution is 5.60. The van der Waals surface area contributed by atoms with Crippen LogP contribution >= 0.6 is 0 Å². The summed E-state index contributed by atoms with van der Waals surface area (Å²) >= 11 is 0. The van der Waals surface area contributed by atoms with Crippen LogP contribution in [0.2, 0.25) is 0 Å². The van der Waals surface area contributed by atoms with Gasteiger partial charge < -0.3 is 4.74 Å². The average molecular weight is 132 g/mol. The molecule has 1 rings (SSSR count). The molecule has 0 spiro atoms. The molecular weight excluding hydrogens is 124 g/mol. The molecule has 1 atom stereocenters. The monoisotopic (exact) mass is 132 g/mol. The maximum Gasteiger partial charge on any atom is 0.543 e. The Kier molecular flexibility index (Phi) is 1.89. The molecule has 1 heterocycles. The van der Waals surface area contributed by atoms with E-state index in [1.807, 2.05) is 6.92 Å². The summed E-state index contributed by atoms with van der Waals surface area (Å²) < 4.78 is 4.52.